The number of likely N-dealkylation sites (tertiary alicyclic amines) is 1. The highest BCUT2D eigenvalue weighted by Crippen LogP contribution is 2.29. The van der Waals surface area contributed by atoms with Crippen LogP contribution in [-0.4, -0.2) is 82.5 Å². The minimum absolute atomic E-state index is 0.0529. The Hall–Kier alpha value is -3.77. The number of nitrogens with one attached hydrogen (secondary N) is 2. The maximum Gasteiger partial charge on any atom is 0.261 e. The van der Waals surface area contributed by atoms with Gasteiger partial charge in [0.15, 0.2) is 0 Å². The Bertz CT molecular complexity index is 1700. The van der Waals surface area contributed by atoms with Crippen molar-refractivity contribution in [1.82, 2.24) is 34.7 Å². The van der Waals surface area contributed by atoms with Gasteiger partial charge in [0.25, 0.3) is 5.56 Å². The summed E-state index contributed by atoms with van der Waals surface area (Å²) in [5.74, 6) is 1.84. The number of hydrogen-bond donors (Lipinski definition) is 2. The molecule has 3 saturated heterocycles. The van der Waals surface area contributed by atoms with Crippen LogP contribution >= 0.6 is 0 Å². The predicted molar refractivity (Wildman–Crippen MR) is 174 cm³/mol. The molecule has 2 N–H and O–H groups in total. The van der Waals surface area contributed by atoms with Gasteiger partial charge < -0.3 is 25.0 Å². The van der Waals surface area contributed by atoms with E-state index >= 15 is 0 Å². The van der Waals surface area contributed by atoms with Crippen molar-refractivity contribution in [2.24, 2.45) is 5.92 Å². The van der Waals surface area contributed by atoms with Crippen LogP contribution in [-0.2, 0) is 16.0 Å². The van der Waals surface area contributed by atoms with E-state index in [1.807, 2.05) is 35.9 Å². The Balaban J connectivity index is 1.24. The molecule has 3 fully saturated rings. The lowest BCUT2D eigenvalue weighted by Gasteiger charge is -2.29. The molecule has 3 aliphatic rings. The summed E-state index contributed by atoms with van der Waals surface area (Å²) in [6, 6.07) is 10.1. The van der Waals surface area contributed by atoms with Gasteiger partial charge in [-0.15, -0.1) is 0 Å². The molecule has 236 valence electrons. The number of benzene rings is 1. The third kappa shape index (κ3) is 6.62. The fourth-order valence-corrected chi connectivity index (χ4v) is 6.74. The Morgan fingerprint density at radius 2 is 1.89 bits per heavy atom. The zero-order valence-corrected chi connectivity index (χ0v) is 26.2. The van der Waals surface area contributed by atoms with Crippen LogP contribution in [0.1, 0.15) is 54.7 Å². The molecule has 1 aromatic carbocycles. The van der Waals surface area contributed by atoms with Crippen molar-refractivity contribution >= 4 is 22.7 Å². The van der Waals surface area contributed by atoms with E-state index in [9.17, 15) is 4.79 Å². The summed E-state index contributed by atoms with van der Waals surface area (Å²) in [6.07, 6.45) is 7.71. The van der Waals surface area contributed by atoms with Crippen LogP contribution in [0.15, 0.2) is 47.5 Å². The fraction of sp³-hybridized carbons (Fsp3) is 0.500. The summed E-state index contributed by atoms with van der Waals surface area (Å²) in [4.78, 5) is 36.0. The molecule has 0 radical (unpaired) electrons. The molecule has 0 aliphatic carbocycles. The van der Waals surface area contributed by atoms with Crippen molar-refractivity contribution in [3.63, 3.8) is 0 Å². The van der Waals surface area contributed by atoms with Crippen LogP contribution in [0.5, 0.6) is 0 Å². The number of nitrogens with zero attached hydrogens (tertiary/aromatic N) is 6. The van der Waals surface area contributed by atoms with Gasteiger partial charge in [0.2, 0.25) is 5.95 Å². The van der Waals surface area contributed by atoms with Crippen LogP contribution in [0.3, 0.4) is 0 Å². The van der Waals surface area contributed by atoms with Gasteiger partial charge in [-0.2, -0.15) is 4.98 Å². The number of hydrogen-bond acceptors (Lipinski definition) is 10. The Morgan fingerprint density at radius 3 is 2.67 bits per heavy atom. The summed E-state index contributed by atoms with van der Waals surface area (Å²) in [5.41, 5.74) is 4.68. The van der Waals surface area contributed by atoms with Gasteiger partial charge in [0.1, 0.15) is 11.5 Å². The van der Waals surface area contributed by atoms with E-state index in [0.717, 1.165) is 79.9 Å². The van der Waals surface area contributed by atoms with Crippen molar-refractivity contribution in [1.29, 1.82) is 0 Å². The number of aromatic nitrogens is 5. The molecule has 0 saturated carbocycles. The van der Waals surface area contributed by atoms with Gasteiger partial charge in [0.05, 0.1) is 24.0 Å². The molecule has 6 heterocycles. The van der Waals surface area contributed by atoms with E-state index in [4.69, 9.17) is 24.4 Å². The van der Waals surface area contributed by atoms with E-state index in [1.165, 1.54) is 0 Å². The number of piperidine rings is 1. The molecular weight excluding hydrogens is 568 g/mol. The number of rotatable bonds is 7. The van der Waals surface area contributed by atoms with Crippen LogP contribution in [0.25, 0.3) is 22.3 Å². The predicted octanol–water partition coefficient (Wildman–Crippen LogP) is 4.20. The second kappa shape index (κ2) is 13.3. The molecule has 3 aliphatic heterocycles. The highest BCUT2D eigenvalue weighted by molar-refractivity contribution is 5.81. The van der Waals surface area contributed by atoms with Gasteiger partial charge in [0, 0.05) is 68.8 Å². The molecule has 7 rings (SSSR count). The van der Waals surface area contributed by atoms with E-state index < -0.39 is 0 Å². The van der Waals surface area contributed by atoms with Gasteiger partial charge in [-0.1, -0.05) is 12.1 Å². The summed E-state index contributed by atoms with van der Waals surface area (Å²) in [5, 5.41) is 7.52. The Morgan fingerprint density at radius 1 is 1.04 bits per heavy atom. The lowest BCUT2D eigenvalue weighted by molar-refractivity contribution is 0.0277. The molecule has 0 spiro atoms. The van der Waals surface area contributed by atoms with Crippen LogP contribution < -0.4 is 16.2 Å². The van der Waals surface area contributed by atoms with E-state index in [0.29, 0.717) is 55.1 Å². The molecule has 2 atom stereocenters. The van der Waals surface area contributed by atoms with Gasteiger partial charge in [-0.05, 0) is 81.4 Å². The van der Waals surface area contributed by atoms with E-state index in [-0.39, 0.29) is 17.6 Å². The van der Waals surface area contributed by atoms with Crippen LogP contribution in [0.4, 0.5) is 11.6 Å². The van der Waals surface area contributed by atoms with Crippen LogP contribution in [0.2, 0.25) is 0 Å². The molecular formula is C34H42N8O3. The smallest absolute Gasteiger partial charge is 0.261 e. The number of likely N-dealkylation sites (N-methyl/N-ethyl adjacent to an activating group) is 1. The molecule has 45 heavy (non-hydrogen) atoms. The molecule has 11 nitrogen and oxygen atoms in total. The highest BCUT2D eigenvalue weighted by Gasteiger charge is 2.25. The second-order valence-electron chi connectivity index (χ2n) is 12.7. The lowest BCUT2D eigenvalue weighted by Crippen LogP contribution is -2.33. The van der Waals surface area contributed by atoms with E-state index in [2.05, 4.69) is 39.7 Å². The van der Waals surface area contributed by atoms with Gasteiger partial charge in [-0.3, -0.25) is 9.36 Å². The maximum atomic E-state index is 14.4. The van der Waals surface area contributed by atoms with Gasteiger partial charge >= 0.3 is 0 Å². The van der Waals surface area contributed by atoms with Crippen molar-refractivity contribution in [2.75, 3.05) is 58.4 Å². The Kier molecular flexibility index (Phi) is 8.84. The zero-order valence-electron chi connectivity index (χ0n) is 26.2. The minimum atomic E-state index is -0.0856. The van der Waals surface area contributed by atoms with Crippen molar-refractivity contribution in [3.8, 4) is 11.3 Å². The molecule has 4 aromatic rings. The third-order valence-corrected chi connectivity index (χ3v) is 9.31. The SMILES string of the molecule is Cc1cnc(C2CCCN(C)C2)nc1-c1cc2cnc(Nc3ccc(C4CNCCO4)cc3)nc2n(CC2CCOCC2)c1=O. The first-order chi connectivity index (χ1) is 22.0. The number of pyridine rings is 1. The summed E-state index contributed by atoms with van der Waals surface area (Å²) < 4.78 is 13.3. The monoisotopic (exact) mass is 610 g/mol. The standard InChI is InChI=1S/C34H42N8O3/c1-22-17-36-31(25-4-3-12-41(2)21-25)39-30(22)28-16-26-18-37-34(38-27-7-5-24(6-8-27)29-19-35-11-15-45-29)40-32(26)42(33(28)43)20-23-9-13-44-14-10-23/h5-8,16-18,23,25,29,35H,3-4,9-15,19-21H2,1-2H3,(H,37,38,40). The number of fused-ring (bicyclic) bond motifs is 1. The first kappa shape index (κ1) is 29.9. The zero-order chi connectivity index (χ0) is 30.8. The summed E-state index contributed by atoms with van der Waals surface area (Å²) >= 11 is 0. The molecule has 0 amide bonds. The van der Waals surface area contributed by atoms with Crippen LogP contribution in [0, 0.1) is 12.8 Å². The molecule has 3 aromatic heterocycles. The third-order valence-electron chi connectivity index (χ3n) is 9.31. The summed E-state index contributed by atoms with van der Waals surface area (Å²) in [6.45, 7) is 8.38. The average molecular weight is 611 g/mol. The molecule has 0 bridgehead atoms. The number of ether oxygens (including phenoxy) is 2. The maximum absolute atomic E-state index is 14.4. The van der Waals surface area contributed by atoms with Crippen molar-refractivity contribution in [3.05, 3.63) is 70.0 Å². The highest BCUT2D eigenvalue weighted by atomic mass is 16.5. The quantitative estimate of drug-likeness (QED) is 0.315. The fourth-order valence-electron chi connectivity index (χ4n) is 6.74. The normalized spacial score (nSPS) is 21.6. The molecule has 2 unspecified atom stereocenters. The lowest BCUT2D eigenvalue weighted by atomic mass is 9.97. The minimum Gasteiger partial charge on any atom is -0.381 e. The van der Waals surface area contributed by atoms with Gasteiger partial charge in [-0.25, -0.2) is 15.0 Å². The first-order valence-electron chi connectivity index (χ1n) is 16.2. The largest absolute Gasteiger partial charge is 0.381 e. The van der Waals surface area contributed by atoms with Crippen molar-refractivity contribution in [2.45, 2.75) is 51.2 Å². The molecule has 11 heteroatoms. The topological polar surface area (TPSA) is 119 Å². The first-order valence-corrected chi connectivity index (χ1v) is 16.2. The van der Waals surface area contributed by atoms with Crippen molar-refractivity contribution < 1.29 is 9.47 Å². The number of anilines is 2. The Labute approximate surface area is 263 Å². The summed E-state index contributed by atoms with van der Waals surface area (Å²) in [7, 11) is 2.14. The second-order valence-corrected chi connectivity index (χ2v) is 12.7. The number of morpholine rings is 1. The average Bonchev–Trinajstić information content (AvgIpc) is 3.08. The number of aryl methyl sites for hydroxylation is 1. The van der Waals surface area contributed by atoms with E-state index in [1.54, 1.807) is 6.20 Å².